The van der Waals surface area contributed by atoms with Gasteiger partial charge >= 0.3 is 0 Å². The number of hydrogen-bond acceptors (Lipinski definition) is 4. The lowest BCUT2D eigenvalue weighted by molar-refractivity contribution is 0.210. The molecule has 0 aromatic carbocycles. The van der Waals surface area contributed by atoms with Gasteiger partial charge < -0.3 is 10.6 Å². The summed E-state index contributed by atoms with van der Waals surface area (Å²) < 4.78 is 13.3. The molecular formula is C8H7ClFN2O2. The van der Waals surface area contributed by atoms with E-state index in [2.05, 4.69) is 9.99 Å². The van der Waals surface area contributed by atoms with Crippen LogP contribution in [0.1, 0.15) is 0 Å². The number of hydrogen-bond donors (Lipinski definition) is 1. The van der Waals surface area contributed by atoms with Crippen LogP contribution >= 0.6 is 11.6 Å². The van der Waals surface area contributed by atoms with E-state index in [1.807, 2.05) is 0 Å². The third kappa shape index (κ3) is 1.77. The summed E-state index contributed by atoms with van der Waals surface area (Å²) in [5.41, 5.74) is 4.91. The van der Waals surface area contributed by atoms with Crippen molar-refractivity contribution < 1.29 is 14.0 Å². The molecule has 1 radical (unpaired) electrons. The summed E-state index contributed by atoms with van der Waals surface area (Å²) in [4.78, 5) is 14.8. The molecule has 0 aromatic rings. The van der Waals surface area contributed by atoms with Crippen molar-refractivity contribution in [3.8, 4) is 0 Å². The van der Waals surface area contributed by atoms with E-state index in [1.54, 1.807) is 0 Å². The molecule has 0 heterocycles. The molecule has 1 atom stereocenters. The highest BCUT2D eigenvalue weighted by Gasteiger charge is 2.28. The molecule has 0 aliphatic heterocycles. The van der Waals surface area contributed by atoms with Crippen LogP contribution in [0.4, 0.5) is 4.39 Å². The molecule has 1 unspecified atom stereocenters. The second-order valence-electron chi connectivity index (χ2n) is 2.50. The summed E-state index contributed by atoms with van der Waals surface area (Å²) in [6, 6.07) is 0. The fourth-order valence-electron chi connectivity index (χ4n) is 0.969. The summed E-state index contributed by atoms with van der Waals surface area (Å²) in [5, 5.41) is 3.21. The Labute approximate surface area is 84.8 Å². The molecule has 4 nitrogen and oxygen atoms in total. The molecule has 2 N–H and O–H groups in total. The number of nitrogens with zero attached hydrogens (tertiary/aromatic N) is 1. The number of halogens is 2. The molecule has 0 fully saturated rings. The molecule has 14 heavy (non-hydrogen) atoms. The third-order valence-corrected chi connectivity index (χ3v) is 2.00. The largest absolute Gasteiger partial charge is 0.399 e. The Morgan fingerprint density at radius 3 is 2.93 bits per heavy atom. The Hall–Kier alpha value is -1.36. The first kappa shape index (κ1) is 10.7. The minimum absolute atomic E-state index is 0.0335. The lowest BCUT2D eigenvalue weighted by atomic mass is 10.0. The van der Waals surface area contributed by atoms with Crippen molar-refractivity contribution in [1.29, 1.82) is 0 Å². The number of carbonyl (C=O) groups excluding carboxylic acids is 1. The Balaban J connectivity index is 3.21. The first-order chi connectivity index (χ1) is 6.61. The molecule has 1 rings (SSSR count). The first-order valence-electron chi connectivity index (χ1n) is 3.62. The van der Waals surface area contributed by atoms with E-state index in [1.165, 1.54) is 13.4 Å². The summed E-state index contributed by atoms with van der Waals surface area (Å²) >= 11 is 5.65. The molecule has 6 heteroatoms. The fraction of sp³-hybridized carbons (Fsp3) is 0.250. The van der Waals surface area contributed by atoms with Crippen LogP contribution in [0.15, 0.2) is 27.5 Å². The minimum atomic E-state index is -1.65. The standard InChI is InChI=1S/C8H7ClFN2O2/c1-14-12-8-6(9)4(3-13)2-5(11)7(8)10/h2,7H,11H2,1H3. The SMILES string of the molecule is CON=C1C(Cl)=C([C]=O)C=C(N)C1F. The van der Waals surface area contributed by atoms with E-state index in [9.17, 15) is 9.18 Å². The highest BCUT2D eigenvalue weighted by Crippen LogP contribution is 2.24. The van der Waals surface area contributed by atoms with Crippen LogP contribution in [0.3, 0.4) is 0 Å². The van der Waals surface area contributed by atoms with Gasteiger partial charge in [0.25, 0.3) is 0 Å². The lowest BCUT2D eigenvalue weighted by Gasteiger charge is -2.16. The van der Waals surface area contributed by atoms with Crippen molar-refractivity contribution in [2.75, 3.05) is 7.11 Å². The fourth-order valence-corrected chi connectivity index (χ4v) is 1.19. The van der Waals surface area contributed by atoms with Crippen LogP contribution in [0.2, 0.25) is 0 Å². The maximum Gasteiger partial charge on any atom is 0.235 e. The Bertz CT molecular complexity index is 349. The quantitative estimate of drug-likeness (QED) is 0.696. The van der Waals surface area contributed by atoms with Gasteiger partial charge in [0, 0.05) is 5.57 Å². The van der Waals surface area contributed by atoms with Crippen molar-refractivity contribution in [2.24, 2.45) is 10.9 Å². The second kappa shape index (κ2) is 4.23. The maximum atomic E-state index is 13.3. The van der Waals surface area contributed by atoms with Gasteiger partial charge in [0.05, 0.1) is 10.7 Å². The summed E-state index contributed by atoms with van der Waals surface area (Å²) in [5.74, 6) is 0. The van der Waals surface area contributed by atoms with Gasteiger partial charge in [-0.1, -0.05) is 16.8 Å². The topological polar surface area (TPSA) is 64.7 Å². The van der Waals surface area contributed by atoms with E-state index in [-0.39, 0.29) is 22.0 Å². The maximum absolute atomic E-state index is 13.3. The van der Waals surface area contributed by atoms with Gasteiger partial charge in [-0.25, -0.2) is 4.39 Å². The van der Waals surface area contributed by atoms with Crippen molar-refractivity contribution in [1.82, 2.24) is 0 Å². The van der Waals surface area contributed by atoms with Crippen LogP contribution < -0.4 is 5.73 Å². The van der Waals surface area contributed by atoms with Crippen LogP contribution in [0.5, 0.6) is 0 Å². The predicted octanol–water partition coefficient (Wildman–Crippen LogP) is 0.786. The van der Waals surface area contributed by atoms with Crippen LogP contribution in [0, 0.1) is 0 Å². The number of oxime groups is 1. The highest BCUT2D eigenvalue weighted by molar-refractivity contribution is 6.46. The zero-order valence-corrected chi connectivity index (χ0v) is 8.01. The Kier molecular flexibility index (Phi) is 3.24. The second-order valence-corrected chi connectivity index (χ2v) is 2.87. The van der Waals surface area contributed by atoms with Gasteiger partial charge in [-0.15, -0.1) is 0 Å². The van der Waals surface area contributed by atoms with Gasteiger partial charge in [0.2, 0.25) is 6.29 Å². The van der Waals surface area contributed by atoms with Gasteiger partial charge in [0.1, 0.15) is 12.8 Å². The molecule has 0 aromatic heterocycles. The smallest absolute Gasteiger partial charge is 0.235 e. The van der Waals surface area contributed by atoms with Crippen molar-refractivity contribution in [2.45, 2.75) is 6.17 Å². The molecule has 75 valence electrons. The summed E-state index contributed by atoms with van der Waals surface area (Å²) in [7, 11) is 1.24. The average Bonchev–Trinajstić information content (AvgIpc) is 2.18. The summed E-state index contributed by atoms with van der Waals surface area (Å²) in [6.45, 7) is 0. The van der Waals surface area contributed by atoms with Gasteiger partial charge in [0.15, 0.2) is 6.17 Å². The molecule has 0 bridgehead atoms. The first-order valence-corrected chi connectivity index (χ1v) is 4.00. The zero-order chi connectivity index (χ0) is 10.7. The van der Waals surface area contributed by atoms with E-state index in [0.29, 0.717) is 0 Å². The molecule has 1 aliphatic carbocycles. The Morgan fingerprint density at radius 2 is 2.43 bits per heavy atom. The monoisotopic (exact) mass is 217 g/mol. The number of alkyl halides is 1. The number of allylic oxidation sites excluding steroid dienone is 4. The average molecular weight is 218 g/mol. The number of rotatable bonds is 2. The Morgan fingerprint density at radius 1 is 1.79 bits per heavy atom. The minimum Gasteiger partial charge on any atom is -0.399 e. The van der Waals surface area contributed by atoms with Gasteiger partial charge in [-0.05, 0) is 6.08 Å². The van der Waals surface area contributed by atoms with Crippen LogP contribution in [-0.2, 0) is 9.63 Å². The number of nitrogens with two attached hydrogens (primary N) is 1. The van der Waals surface area contributed by atoms with Crippen molar-refractivity contribution >= 4 is 23.6 Å². The molecule has 0 saturated carbocycles. The zero-order valence-electron chi connectivity index (χ0n) is 7.25. The van der Waals surface area contributed by atoms with E-state index >= 15 is 0 Å². The van der Waals surface area contributed by atoms with E-state index in [0.717, 1.165) is 6.08 Å². The van der Waals surface area contributed by atoms with Gasteiger partial charge in [-0.3, -0.25) is 4.79 Å². The third-order valence-electron chi connectivity index (χ3n) is 1.60. The van der Waals surface area contributed by atoms with Crippen molar-refractivity contribution in [3.05, 3.63) is 22.4 Å². The summed E-state index contributed by atoms with van der Waals surface area (Å²) in [6.07, 6.45) is 0.998. The lowest BCUT2D eigenvalue weighted by Crippen LogP contribution is -2.28. The van der Waals surface area contributed by atoms with Crippen molar-refractivity contribution in [3.63, 3.8) is 0 Å². The molecular weight excluding hydrogens is 211 g/mol. The highest BCUT2D eigenvalue weighted by atomic mass is 35.5. The predicted molar refractivity (Wildman–Crippen MR) is 50.2 cm³/mol. The molecule has 0 saturated heterocycles. The molecule has 1 aliphatic rings. The van der Waals surface area contributed by atoms with Gasteiger partial charge in [-0.2, -0.15) is 0 Å². The van der Waals surface area contributed by atoms with Crippen LogP contribution in [0.25, 0.3) is 0 Å². The molecule has 0 amide bonds. The van der Waals surface area contributed by atoms with Crippen LogP contribution in [-0.4, -0.2) is 25.3 Å². The molecule has 0 spiro atoms. The van der Waals surface area contributed by atoms with E-state index in [4.69, 9.17) is 17.3 Å². The normalized spacial score (nSPS) is 24.9. The van der Waals surface area contributed by atoms with E-state index < -0.39 is 6.17 Å².